The van der Waals surface area contributed by atoms with Crippen LogP contribution in [0.4, 0.5) is 0 Å². The lowest BCUT2D eigenvalue weighted by atomic mass is 10.2. The van der Waals surface area contributed by atoms with E-state index in [0.29, 0.717) is 4.73 Å². The Morgan fingerprint density at radius 1 is 1.54 bits per heavy atom. The first-order chi connectivity index (χ1) is 6.22. The molecule has 0 spiro atoms. The molecule has 1 aromatic rings. The minimum absolute atomic E-state index is 0.418. The van der Waals surface area contributed by atoms with Crippen molar-refractivity contribution in [2.75, 3.05) is 7.11 Å². The number of ether oxygens (including phenoxy) is 1. The fourth-order valence-corrected chi connectivity index (χ4v) is 0.768. The van der Waals surface area contributed by atoms with Crippen molar-refractivity contribution < 1.29 is 14.3 Å². The van der Waals surface area contributed by atoms with E-state index in [1.54, 1.807) is 18.2 Å². The molecule has 0 aliphatic heterocycles. The third-order valence-corrected chi connectivity index (χ3v) is 1.44. The Morgan fingerprint density at radius 3 is 2.69 bits per heavy atom. The first kappa shape index (κ1) is 9.25. The average Bonchev–Trinajstić information content (AvgIpc) is 2.16. The molecule has 0 radical (unpaired) electrons. The minimum atomic E-state index is -0.418. The fraction of sp³-hybridized carbons (Fsp3) is 0.111. The van der Waals surface area contributed by atoms with E-state index in [4.69, 9.17) is 0 Å². The zero-order valence-electron chi connectivity index (χ0n) is 7.14. The Labute approximate surface area is 75.7 Å². The molecule has 0 aliphatic carbocycles. The lowest BCUT2D eigenvalue weighted by Crippen LogP contribution is -2.23. The summed E-state index contributed by atoms with van der Waals surface area (Å²) in [7, 11) is 1.31. The minimum Gasteiger partial charge on any atom is -0.619 e. The lowest BCUT2D eigenvalue weighted by molar-refractivity contribution is -0.605. The van der Waals surface area contributed by atoms with Crippen LogP contribution in [0.3, 0.4) is 0 Å². The summed E-state index contributed by atoms with van der Waals surface area (Å²) >= 11 is 0. The Bertz CT molecular complexity index is 316. The molecule has 4 heteroatoms. The first-order valence-electron chi connectivity index (χ1n) is 3.67. The topological polar surface area (TPSA) is 53.2 Å². The van der Waals surface area contributed by atoms with Crippen molar-refractivity contribution in [3.8, 4) is 0 Å². The van der Waals surface area contributed by atoms with Crippen molar-refractivity contribution >= 4 is 12.0 Å². The van der Waals surface area contributed by atoms with Crippen LogP contribution in [0.15, 0.2) is 30.6 Å². The van der Waals surface area contributed by atoms with Gasteiger partial charge in [-0.15, -0.1) is 0 Å². The number of esters is 1. The standard InChI is InChI=1S/C9H9NO3/c1-13-9(11)3-2-8-4-6-10(12)7-5-8/h2-7H,1H3/b3-2-. The molecule has 0 saturated heterocycles. The third kappa shape index (κ3) is 2.94. The maximum Gasteiger partial charge on any atom is 0.330 e. The molecule has 1 heterocycles. The molecule has 68 valence electrons. The largest absolute Gasteiger partial charge is 0.619 e. The van der Waals surface area contributed by atoms with Crippen LogP contribution in [0.2, 0.25) is 0 Å². The van der Waals surface area contributed by atoms with Gasteiger partial charge in [0.05, 0.1) is 7.11 Å². The van der Waals surface area contributed by atoms with Gasteiger partial charge in [-0.3, -0.25) is 0 Å². The summed E-state index contributed by atoms with van der Waals surface area (Å²) in [6, 6.07) is 3.21. The molecule has 4 nitrogen and oxygen atoms in total. The van der Waals surface area contributed by atoms with Gasteiger partial charge in [0.1, 0.15) is 0 Å². The van der Waals surface area contributed by atoms with Gasteiger partial charge in [-0.25, -0.2) is 4.79 Å². The monoisotopic (exact) mass is 179 g/mol. The summed E-state index contributed by atoms with van der Waals surface area (Å²) in [5, 5.41) is 10.6. The molecule has 0 aliphatic rings. The number of hydrogen-bond acceptors (Lipinski definition) is 3. The van der Waals surface area contributed by atoms with Crippen LogP contribution in [0.1, 0.15) is 5.56 Å². The molecule has 0 unspecified atom stereocenters. The number of rotatable bonds is 2. The molecular formula is C9H9NO3. The highest BCUT2D eigenvalue weighted by atomic mass is 16.5. The molecule has 0 amide bonds. The van der Waals surface area contributed by atoms with Crippen molar-refractivity contribution in [3.05, 3.63) is 41.4 Å². The number of methoxy groups -OCH3 is 1. The van der Waals surface area contributed by atoms with Crippen LogP contribution < -0.4 is 4.73 Å². The van der Waals surface area contributed by atoms with Gasteiger partial charge in [-0.1, -0.05) is 0 Å². The highest BCUT2D eigenvalue weighted by Crippen LogP contribution is 1.98. The van der Waals surface area contributed by atoms with Gasteiger partial charge in [0.15, 0.2) is 12.4 Å². The zero-order chi connectivity index (χ0) is 9.68. The Kier molecular flexibility index (Phi) is 3.03. The summed E-state index contributed by atoms with van der Waals surface area (Å²) in [6.45, 7) is 0. The van der Waals surface area contributed by atoms with E-state index >= 15 is 0 Å². The van der Waals surface area contributed by atoms with E-state index in [-0.39, 0.29) is 0 Å². The van der Waals surface area contributed by atoms with Crippen molar-refractivity contribution in [2.24, 2.45) is 0 Å². The van der Waals surface area contributed by atoms with E-state index in [1.807, 2.05) is 0 Å². The van der Waals surface area contributed by atoms with E-state index in [1.165, 1.54) is 25.6 Å². The van der Waals surface area contributed by atoms with Gasteiger partial charge in [-0.2, -0.15) is 4.73 Å². The molecule has 0 N–H and O–H groups in total. The smallest absolute Gasteiger partial charge is 0.330 e. The molecule has 0 saturated carbocycles. The predicted octanol–water partition coefficient (Wildman–Crippen LogP) is 0.506. The molecular weight excluding hydrogens is 170 g/mol. The third-order valence-electron chi connectivity index (χ3n) is 1.44. The molecule has 1 rings (SSSR count). The van der Waals surface area contributed by atoms with Crippen molar-refractivity contribution in [2.45, 2.75) is 0 Å². The van der Waals surface area contributed by atoms with Crippen molar-refractivity contribution in [1.29, 1.82) is 0 Å². The second-order valence-electron chi connectivity index (χ2n) is 2.35. The van der Waals surface area contributed by atoms with Crippen LogP contribution in [-0.4, -0.2) is 13.1 Å². The molecule has 0 atom stereocenters. The molecule has 13 heavy (non-hydrogen) atoms. The van der Waals surface area contributed by atoms with E-state index in [9.17, 15) is 10.0 Å². The summed E-state index contributed by atoms with van der Waals surface area (Å²) in [6.07, 6.45) is 5.59. The van der Waals surface area contributed by atoms with Crippen LogP contribution in [0.5, 0.6) is 0 Å². The number of aromatic nitrogens is 1. The van der Waals surface area contributed by atoms with Crippen LogP contribution in [0, 0.1) is 5.21 Å². The van der Waals surface area contributed by atoms with Gasteiger partial charge in [0.25, 0.3) is 0 Å². The van der Waals surface area contributed by atoms with Crippen LogP contribution in [-0.2, 0) is 9.53 Å². The number of carbonyl (C=O) groups excluding carboxylic acids is 1. The van der Waals surface area contributed by atoms with E-state index < -0.39 is 5.97 Å². The number of nitrogens with zero attached hydrogens (tertiary/aromatic N) is 1. The van der Waals surface area contributed by atoms with E-state index in [0.717, 1.165) is 5.56 Å². The van der Waals surface area contributed by atoms with E-state index in [2.05, 4.69) is 4.74 Å². The fourth-order valence-electron chi connectivity index (χ4n) is 0.768. The van der Waals surface area contributed by atoms with Crippen LogP contribution in [0.25, 0.3) is 6.08 Å². The molecule has 0 fully saturated rings. The van der Waals surface area contributed by atoms with Gasteiger partial charge < -0.3 is 9.94 Å². The van der Waals surface area contributed by atoms with Crippen LogP contribution >= 0.6 is 0 Å². The van der Waals surface area contributed by atoms with Gasteiger partial charge in [-0.05, 0) is 11.6 Å². The first-order valence-corrected chi connectivity index (χ1v) is 3.67. The van der Waals surface area contributed by atoms with Gasteiger partial charge >= 0.3 is 5.97 Å². The second kappa shape index (κ2) is 4.25. The Hall–Kier alpha value is -1.84. The Morgan fingerprint density at radius 2 is 2.15 bits per heavy atom. The maximum atomic E-state index is 10.7. The summed E-state index contributed by atoms with van der Waals surface area (Å²) in [5.74, 6) is -0.418. The summed E-state index contributed by atoms with van der Waals surface area (Å²) in [4.78, 5) is 10.7. The van der Waals surface area contributed by atoms with Crippen molar-refractivity contribution in [3.63, 3.8) is 0 Å². The SMILES string of the molecule is COC(=O)/C=C\c1cc[n+]([O-])cc1. The maximum absolute atomic E-state index is 10.7. The lowest BCUT2D eigenvalue weighted by Gasteiger charge is -1.94. The number of hydrogen-bond donors (Lipinski definition) is 0. The number of pyridine rings is 1. The molecule has 1 aromatic heterocycles. The van der Waals surface area contributed by atoms with Gasteiger partial charge in [0.2, 0.25) is 0 Å². The summed E-state index contributed by atoms with van der Waals surface area (Å²) < 4.78 is 5.08. The van der Waals surface area contributed by atoms with Gasteiger partial charge in [0, 0.05) is 18.2 Å². The summed E-state index contributed by atoms with van der Waals surface area (Å²) in [5.41, 5.74) is 0.775. The molecule has 0 aromatic carbocycles. The normalized spacial score (nSPS) is 10.2. The quantitative estimate of drug-likeness (QED) is 0.287. The average molecular weight is 179 g/mol. The highest BCUT2D eigenvalue weighted by molar-refractivity contribution is 5.86. The number of carbonyl (C=O) groups is 1. The Balaban J connectivity index is 2.69. The second-order valence-corrected chi connectivity index (χ2v) is 2.35. The highest BCUT2D eigenvalue weighted by Gasteiger charge is 1.93. The molecule has 0 bridgehead atoms. The zero-order valence-corrected chi connectivity index (χ0v) is 7.14. The predicted molar refractivity (Wildman–Crippen MR) is 46.5 cm³/mol. The van der Waals surface area contributed by atoms with Crippen molar-refractivity contribution in [1.82, 2.24) is 0 Å².